The topological polar surface area (TPSA) is 44.5 Å². The lowest BCUT2D eigenvalue weighted by molar-refractivity contribution is 0.272. The Morgan fingerprint density at radius 1 is 1.31 bits per heavy atom. The largest absolute Gasteiger partial charge is 0.493 e. The zero-order valence-electron chi connectivity index (χ0n) is 9.75. The normalized spacial score (nSPS) is 10.2. The zero-order valence-corrected chi connectivity index (χ0v) is 9.75. The second-order valence-electron chi connectivity index (χ2n) is 3.56. The molecular weight excluding hydrogens is 209 g/mol. The van der Waals surface area contributed by atoms with Crippen molar-refractivity contribution in [1.29, 1.82) is 0 Å². The highest BCUT2D eigenvalue weighted by atomic mass is 19.1. The molecule has 0 aliphatic rings. The van der Waals surface area contributed by atoms with Gasteiger partial charge in [-0.3, -0.25) is 0 Å². The van der Waals surface area contributed by atoms with E-state index in [4.69, 9.17) is 15.2 Å². The molecule has 2 N–H and O–H groups in total. The molecule has 4 heteroatoms. The molecular formula is C12H18FNO2. The van der Waals surface area contributed by atoms with E-state index >= 15 is 0 Å². The summed E-state index contributed by atoms with van der Waals surface area (Å²) in [5.74, 6) is -0.0577. The van der Waals surface area contributed by atoms with Gasteiger partial charge in [0.25, 0.3) is 0 Å². The van der Waals surface area contributed by atoms with Crippen molar-refractivity contribution >= 4 is 5.69 Å². The van der Waals surface area contributed by atoms with Gasteiger partial charge in [-0.15, -0.1) is 0 Å². The van der Waals surface area contributed by atoms with E-state index in [2.05, 4.69) is 6.92 Å². The number of halogens is 1. The summed E-state index contributed by atoms with van der Waals surface area (Å²) < 4.78 is 24.0. The summed E-state index contributed by atoms with van der Waals surface area (Å²) in [7, 11) is 1.48. The fourth-order valence-electron chi connectivity index (χ4n) is 1.38. The minimum absolute atomic E-state index is 0.0753. The van der Waals surface area contributed by atoms with Crippen molar-refractivity contribution in [3.8, 4) is 11.5 Å². The van der Waals surface area contributed by atoms with Crippen LogP contribution < -0.4 is 15.2 Å². The second kappa shape index (κ2) is 6.20. The summed E-state index contributed by atoms with van der Waals surface area (Å²) >= 11 is 0. The number of methoxy groups -OCH3 is 1. The fourth-order valence-corrected chi connectivity index (χ4v) is 1.38. The zero-order chi connectivity index (χ0) is 12.0. The first kappa shape index (κ1) is 12.6. The van der Waals surface area contributed by atoms with Crippen molar-refractivity contribution in [3.63, 3.8) is 0 Å². The molecule has 0 atom stereocenters. The Balaban J connectivity index is 2.72. The fraction of sp³-hybridized carbons (Fsp3) is 0.500. The number of unbranched alkanes of at least 4 members (excludes halogenated alkanes) is 2. The van der Waals surface area contributed by atoms with Gasteiger partial charge in [0.2, 0.25) is 0 Å². The molecule has 0 bridgehead atoms. The highest BCUT2D eigenvalue weighted by molar-refractivity contribution is 5.53. The van der Waals surface area contributed by atoms with E-state index in [1.165, 1.54) is 13.2 Å². The van der Waals surface area contributed by atoms with Gasteiger partial charge in [-0.1, -0.05) is 19.8 Å². The number of benzene rings is 1. The minimum atomic E-state index is -0.546. The van der Waals surface area contributed by atoms with Crippen LogP contribution in [0.1, 0.15) is 26.2 Å². The molecule has 1 aromatic rings. The van der Waals surface area contributed by atoms with Crippen molar-refractivity contribution in [2.24, 2.45) is 0 Å². The van der Waals surface area contributed by atoms with Crippen LogP contribution >= 0.6 is 0 Å². The second-order valence-corrected chi connectivity index (χ2v) is 3.56. The van der Waals surface area contributed by atoms with Crippen LogP contribution in [0.3, 0.4) is 0 Å². The van der Waals surface area contributed by atoms with Crippen molar-refractivity contribution in [2.75, 3.05) is 19.5 Å². The molecule has 0 radical (unpaired) electrons. The molecule has 0 fully saturated rings. The molecule has 0 aromatic heterocycles. The minimum Gasteiger partial charge on any atom is -0.493 e. The SMILES string of the molecule is CCCCCOc1c(OC)ccc(N)c1F. The Hall–Kier alpha value is -1.45. The van der Waals surface area contributed by atoms with Crippen LogP contribution in [0.25, 0.3) is 0 Å². The first-order valence-electron chi connectivity index (χ1n) is 5.45. The summed E-state index contributed by atoms with van der Waals surface area (Å²) in [6.45, 7) is 2.58. The smallest absolute Gasteiger partial charge is 0.199 e. The predicted octanol–water partition coefficient (Wildman–Crippen LogP) is 2.99. The maximum Gasteiger partial charge on any atom is 0.199 e. The lowest BCUT2D eigenvalue weighted by Gasteiger charge is -2.12. The molecule has 1 rings (SSSR count). The third-order valence-corrected chi connectivity index (χ3v) is 2.31. The van der Waals surface area contributed by atoms with Crippen LogP contribution in [0.5, 0.6) is 11.5 Å². The van der Waals surface area contributed by atoms with Gasteiger partial charge in [-0.25, -0.2) is 4.39 Å². The summed E-state index contributed by atoms with van der Waals surface area (Å²) in [6, 6.07) is 3.07. The van der Waals surface area contributed by atoms with Gasteiger partial charge in [0, 0.05) is 0 Å². The molecule has 1 aromatic carbocycles. The number of ether oxygens (including phenoxy) is 2. The average molecular weight is 227 g/mol. The monoisotopic (exact) mass is 227 g/mol. The Morgan fingerprint density at radius 3 is 2.69 bits per heavy atom. The molecule has 0 spiro atoms. The van der Waals surface area contributed by atoms with Crippen LogP contribution in [0.15, 0.2) is 12.1 Å². The van der Waals surface area contributed by atoms with E-state index in [9.17, 15) is 4.39 Å². The lowest BCUT2D eigenvalue weighted by atomic mass is 10.2. The molecule has 0 unspecified atom stereocenters. The first-order valence-corrected chi connectivity index (χ1v) is 5.45. The van der Waals surface area contributed by atoms with Gasteiger partial charge in [0.1, 0.15) is 0 Å². The van der Waals surface area contributed by atoms with Gasteiger partial charge in [-0.05, 0) is 18.6 Å². The summed E-state index contributed by atoms with van der Waals surface area (Å²) in [4.78, 5) is 0. The molecule has 0 saturated heterocycles. The number of rotatable bonds is 6. The lowest BCUT2D eigenvalue weighted by Crippen LogP contribution is -2.03. The highest BCUT2D eigenvalue weighted by Gasteiger charge is 2.13. The Kier molecular flexibility index (Phi) is 4.89. The molecule has 90 valence electrons. The molecule has 0 heterocycles. The van der Waals surface area contributed by atoms with Crippen molar-refractivity contribution in [3.05, 3.63) is 17.9 Å². The van der Waals surface area contributed by atoms with Crippen LogP contribution in [0.4, 0.5) is 10.1 Å². The van der Waals surface area contributed by atoms with Crippen molar-refractivity contribution in [2.45, 2.75) is 26.2 Å². The van der Waals surface area contributed by atoms with E-state index in [0.29, 0.717) is 12.4 Å². The van der Waals surface area contributed by atoms with E-state index in [1.807, 2.05) is 0 Å². The third kappa shape index (κ3) is 3.02. The van der Waals surface area contributed by atoms with E-state index in [-0.39, 0.29) is 11.4 Å². The van der Waals surface area contributed by atoms with Gasteiger partial charge in [0.05, 0.1) is 19.4 Å². The van der Waals surface area contributed by atoms with Crippen LogP contribution in [-0.4, -0.2) is 13.7 Å². The summed E-state index contributed by atoms with van der Waals surface area (Å²) in [6.07, 6.45) is 3.06. The van der Waals surface area contributed by atoms with Gasteiger partial charge in [-0.2, -0.15) is 0 Å². The average Bonchev–Trinajstić information content (AvgIpc) is 2.30. The van der Waals surface area contributed by atoms with E-state index < -0.39 is 5.82 Å². The predicted molar refractivity (Wildman–Crippen MR) is 62.4 cm³/mol. The number of nitrogens with two attached hydrogens (primary N) is 1. The summed E-state index contributed by atoms with van der Waals surface area (Å²) in [5, 5.41) is 0. The van der Waals surface area contributed by atoms with Crippen LogP contribution in [0.2, 0.25) is 0 Å². The van der Waals surface area contributed by atoms with E-state index in [1.54, 1.807) is 6.07 Å². The quantitative estimate of drug-likeness (QED) is 0.600. The first-order chi connectivity index (χ1) is 7.70. The number of hydrogen-bond donors (Lipinski definition) is 1. The van der Waals surface area contributed by atoms with Gasteiger partial charge >= 0.3 is 0 Å². The molecule has 0 saturated carbocycles. The third-order valence-electron chi connectivity index (χ3n) is 2.31. The highest BCUT2D eigenvalue weighted by Crippen LogP contribution is 2.33. The number of hydrogen-bond acceptors (Lipinski definition) is 3. The number of anilines is 1. The number of nitrogen functional groups attached to an aromatic ring is 1. The maximum absolute atomic E-state index is 13.6. The maximum atomic E-state index is 13.6. The van der Waals surface area contributed by atoms with Crippen molar-refractivity contribution < 1.29 is 13.9 Å². The van der Waals surface area contributed by atoms with Crippen molar-refractivity contribution in [1.82, 2.24) is 0 Å². The standard InChI is InChI=1S/C12H18FNO2/c1-3-4-5-8-16-12-10(15-2)7-6-9(14)11(12)13/h6-7H,3-5,8,14H2,1-2H3. The molecule has 16 heavy (non-hydrogen) atoms. The Bertz CT molecular complexity index is 342. The molecule has 0 aliphatic heterocycles. The summed E-state index contributed by atoms with van der Waals surface area (Å²) in [5.41, 5.74) is 5.54. The van der Waals surface area contributed by atoms with Crippen LogP contribution in [-0.2, 0) is 0 Å². The van der Waals surface area contributed by atoms with Gasteiger partial charge in [0.15, 0.2) is 17.3 Å². The van der Waals surface area contributed by atoms with E-state index in [0.717, 1.165) is 19.3 Å². The Labute approximate surface area is 95.4 Å². The molecule has 0 aliphatic carbocycles. The molecule has 0 amide bonds. The molecule has 3 nitrogen and oxygen atoms in total. The Morgan fingerprint density at radius 2 is 2.06 bits per heavy atom. The van der Waals surface area contributed by atoms with Crippen LogP contribution in [0, 0.1) is 5.82 Å². The van der Waals surface area contributed by atoms with Gasteiger partial charge < -0.3 is 15.2 Å².